The molecule has 0 saturated carbocycles. The Bertz CT molecular complexity index is 363. The Morgan fingerprint density at radius 3 is 2.47 bits per heavy atom. The van der Waals surface area contributed by atoms with Gasteiger partial charge in [-0.05, 0) is 37.9 Å². The molecule has 1 aromatic rings. The molecule has 1 aliphatic heterocycles. The van der Waals surface area contributed by atoms with Gasteiger partial charge in [-0.15, -0.1) is 0 Å². The Morgan fingerprint density at radius 1 is 1.40 bits per heavy atom. The van der Waals surface area contributed by atoms with Crippen molar-refractivity contribution in [1.29, 1.82) is 0 Å². The molecule has 3 heteroatoms. The summed E-state index contributed by atoms with van der Waals surface area (Å²) >= 11 is 0. The molecule has 0 spiro atoms. The molecule has 3 nitrogen and oxygen atoms in total. The van der Waals surface area contributed by atoms with Crippen LogP contribution in [0.5, 0.6) is 0 Å². The summed E-state index contributed by atoms with van der Waals surface area (Å²) in [6.45, 7) is 4.97. The van der Waals surface area contributed by atoms with Gasteiger partial charge in [0.1, 0.15) is 0 Å². The minimum Gasteiger partial charge on any atom is -0.324 e. The van der Waals surface area contributed by atoms with Crippen molar-refractivity contribution in [3.05, 3.63) is 29.3 Å². The number of aryl methyl sites for hydroxylation is 2. The maximum Gasteiger partial charge on any atom is 0.241 e. The van der Waals surface area contributed by atoms with Gasteiger partial charge in [0, 0.05) is 5.69 Å². The molecule has 2 N–H and O–H groups in total. The second kappa shape index (κ2) is 4.03. The van der Waals surface area contributed by atoms with Crippen molar-refractivity contribution in [2.75, 3.05) is 11.9 Å². The van der Waals surface area contributed by atoms with E-state index in [0.29, 0.717) is 0 Å². The van der Waals surface area contributed by atoms with Crippen LogP contribution in [-0.2, 0) is 4.79 Å². The summed E-state index contributed by atoms with van der Waals surface area (Å²) in [5, 5.41) is 6.07. The zero-order chi connectivity index (χ0) is 10.8. The summed E-state index contributed by atoms with van der Waals surface area (Å²) < 4.78 is 0. The Labute approximate surface area is 89.9 Å². The Morgan fingerprint density at radius 2 is 2.00 bits per heavy atom. The Hall–Kier alpha value is -1.35. The van der Waals surface area contributed by atoms with Crippen LogP contribution in [0, 0.1) is 13.8 Å². The Balaban J connectivity index is 2.12. The molecule has 1 atom stereocenters. The third kappa shape index (κ3) is 2.02. The number of carbonyl (C=O) groups excluding carboxylic acids is 1. The summed E-state index contributed by atoms with van der Waals surface area (Å²) in [7, 11) is 0. The normalized spacial score (nSPS) is 19.5. The van der Waals surface area contributed by atoms with E-state index in [1.54, 1.807) is 0 Å². The number of nitrogens with one attached hydrogen (secondary N) is 2. The van der Waals surface area contributed by atoms with Crippen LogP contribution >= 0.6 is 0 Å². The summed E-state index contributed by atoms with van der Waals surface area (Å²) in [4.78, 5) is 11.7. The van der Waals surface area contributed by atoms with Gasteiger partial charge in [0.15, 0.2) is 0 Å². The lowest BCUT2D eigenvalue weighted by Crippen LogP contribution is -2.50. The first kappa shape index (κ1) is 10.2. The summed E-state index contributed by atoms with van der Waals surface area (Å²) in [6.07, 6.45) is 0.941. The van der Waals surface area contributed by atoms with E-state index >= 15 is 0 Å². The van der Waals surface area contributed by atoms with Gasteiger partial charge in [-0.1, -0.05) is 18.2 Å². The van der Waals surface area contributed by atoms with Gasteiger partial charge in [-0.3, -0.25) is 4.79 Å². The maximum absolute atomic E-state index is 11.7. The van der Waals surface area contributed by atoms with E-state index in [4.69, 9.17) is 0 Å². The third-order valence-corrected chi connectivity index (χ3v) is 2.87. The van der Waals surface area contributed by atoms with Crippen molar-refractivity contribution in [3.63, 3.8) is 0 Å². The fraction of sp³-hybridized carbons (Fsp3) is 0.417. The largest absolute Gasteiger partial charge is 0.324 e. The highest BCUT2D eigenvalue weighted by atomic mass is 16.2. The number of carbonyl (C=O) groups is 1. The van der Waals surface area contributed by atoms with Crippen molar-refractivity contribution in [2.45, 2.75) is 26.3 Å². The lowest BCUT2D eigenvalue weighted by molar-refractivity contribution is -0.119. The lowest BCUT2D eigenvalue weighted by atomic mass is 10.1. The maximum atomic E-state index is 11.7. The van der Waals surface area contributed by atoms with Crippen molar-refractivity contribution in [3.8, 4) is 0 Å². The van der Waals surface area contributed by atoms with Gasteiger partial charge < -0.3 is 10.6 Å². The van der Waals surface area contributed by atoms with Crippen molar-refractivity contribution in [2.24, 2.45) is 0 Å². The fourth-order valence-electron chi connectivity index (χ4n) is 1.73. The number of amides is 1. The number of hydrogen-bond donors (Lipinski definition) is 2. The number of anilines is 1. The van der Waals surface area contributed by atoms with Crippen LogP contribution in [0.25, 0.3) is 0 Å². The second-order valence-corrected chi connectivity index (χ2v) is 4.05. The van der Waals surface area contributed by atoms with E-state index in [9.17, 15) is 4.79 Å². The van der Waals surface area contributed by atoms with E-state index in [2.05, 4.69) is 10.6 Å². The number of rotatable bonds is 2. The molecule has 0 bridgehead atoms. The van der Waals surface area contributed by atoms with Gasteiger partial charge >= 0.3 is 0 Å². The zero-order valence-corrected chi connectivity index (χ0v) is 9.13. The van der Waals surface area contributed by atoms with E-state index in [1.807, 2.05) is 32.0 Å². The highest BCUT2D eigenvalue weighted by molar-refractivity contribution is 5.96. The number of benzene rings is 1. The molecule has 1 aromatic carbocycles. The average molecular weight is 204 g/mol. The molecule has 0 radical (unpaired) electrons. The van der Waals surface area contributed by atoms with Crippen LogP contribution in [0.1, 0.15) is 17.5 Å². The molecule has 1 fully saturated rings. The van der Waals surface area contributed by atoms with Gasteiger partial charge in [0.2, 0.25) is 5.91 Å². The minimum absolute atomic E-state index is 0.00371. The molecule has 1 saturated heterocycles. The molecule has 0 aromatic heterocycles. The summed E-state index contributed by atoms with van der Waals surface area (Å²) in [5.41, 5.74) is 3.18. The third-order valence-electron chi connectivity index (χ3n) is 2.87. The van der Waals surface area contributed by atoms with Crippen LogP contribution in [0.3, 0.4) is 0 Å². The van der Waals surface area contributed by atoms with Gasteiger partial charge in [0.05, 0.1) is 6.04 Å². The second-order valence-electron chi connectivity index (χ2n) is 4.05. The van der Waals surface area contributed by atoms with Crippen LogP contribution < -0.4 is 10.6 Å². The highest BCUT2D eigenvalue weighted by Crippen LogP contribution is 2.20. The predicted molar refractivity (Wildman–Crippen MR) is 61.0 cm³/mol. The molecule has 80 valence electrons. The Kier molecular flexibility index (Phi) is 2.73. The quantitative estimate of drug-likeness (QED) is 0.768. The molecule has 0 aliphatic carbocycles. The SMILES string of the molecule is Cc1cccc(C)c1NC(=O)C1CCN1. The highest BCUT2D eigenvalue weighted by Gasteiger charge is 2.24. The topological polar surface area (TPSA) is 41.1 Å². The molecule has 2 rings (SSSR count). The molecule has 1 unspecified atom stereocenters. The first-order valence-corrected chi connectivity index (χ1v) is 5.29. The molecular formula is C12H16N2O. The first-order chi connectivity index (χ1) is 7.18. The monoisotopic (exact) mass is 204 g/mol. The first-order valence-electron chi connectivity index (χ1n) is 5.29. The lowest BCUT2D eigenvalue weighted by Gasteiger charge is -2.26. The molecule has 1 aliphatic rings. The number of para-hydroxylation sites is 1. The molecular weight excluding hydrogens is 188 g/mol. The fourth-order valence-corrected chi connectivity index (χ4v) is 1.73. The van der Waals surface area contributed by atoms with Crippen LogP contribution in [-0.4, -0.2) is 18.5 Å². The minimum atomic E-state index is 0.00371. The van der Waals surface area contributed by atoms with Gasteiger partial charge in [-0.2, -0.15) is 0 Å². The van der Waals surface area contributed by atoms with E-state index < -0.39 is 0 Å². The van der Waals surface area contributed by atoms with Gasteiger partial charge in [-0.25, -0.2) is 0 Å². The van der Waals surface area contributed by atoms with Crippen molar-refractivity contribution in [1.82, 2.24) is 5.32 Å². The number of hydrogen-bond acceptors (Lipinski definition) is 2. The zero-order valence-electron chi connectivity index (χ0n) is 9.13. The van der Waals surface area contributed by atoms with Crippen LogP contribution in [0.4, 0.5) is 5.69 Å². The average Bonchev–Trinajstić information content (AvgIpc) is 2.08. The van der Waals surface area contributed by atoms with E-state index in [1.165, 1.54) is 0 Å². The van der Waals surface area contributed by atoms with E-state index in [0.717, 1.165) is 29.8 Å². The van der Waals surface area contributed by atoms with Crippen molar-refractivity contribution >= 4 is 11.6 Å². The van der Waals surface area contributed by atoms with Gasteiger partial charge in [0.25, 0.3) is 0 Å². The van der Waals surface area contributed by atoms with Crippen molar-refractivity contribution < 1.29 is 4.79 Å². The predicted octanol–water partition coefficient (Wildman–Crippen LogP) is 1.60. The van der Waals surface area contributed by atoms with Crippen LogP contribution in [0.15, 0.2) is 18.2 Å². The smallest absolute Gasteiger partial charge is 0.241 e. The van der Waals surface area contributed by atoms with E-state index in [-0.39, 0.29) is 11.9 Å². The molecule has 15 heavy (non-hydrogen) atoms. The summed E-state index contributed by atoms with van der Waals surface area (Å²) in [5.74, 6) is 0.0821. The van der Waals surface area contributed by atoms with Crippen LogP contribution in [0.2, 0.25) is 0 Å². The summed E-state index contributed by atoms with van der Waals surface area (Å²) in [6, 6.07) is 6.03. The standard InChI is InChI=1S/C12H16N2O/c1-8-4-3-5-9(2)11(8)14-12(15)10-6-7-13-10/h3-5,10,13H,6-7H2,1-2H3,(H,14,15). The molecule has 1 heterocycles. The molecule has 1 amide bonds.